The maximum absolute atomic E-state index is 13.0. The Morgan fingerprint density at radius 3 is 2.95 bits per heavy atom. The van der Waals surface area contributed by atoms with E-state index in [4.69, 9.17) is 5.73 Å². The van der Waals surface area contributed by atoms with Crippen molar-refractivity contribution in [1.29, 1.82) is 0 Å². The smallest absolute Gasteiger partial charge is 0.226 e. The van der Waals surface area contributed by atoms with Gasteiger partial charge < -0.3 is 15.6 Å². The SMILES string of the molecule is Cc1nccn1CCC(=O)Nc1ccc(F)c(N)c1. The quantitative estimate of drug-likeness (QED) is 0.827. The number of benzene rings is 1. The Hall–Kier alpha value is -2.37. The van der Waals surface area contributed by atoms with Crippen molar-refractivity contribution in [1.82, 2.24) is 9.55 Å². The summed E-state index contributed by atoms with van der Waals surface area (Å²) in [6, 6.07) is 4.10. The average Bonchev–Trinajstić information content (AvgIpc) is 2.77. The van der Waals surface area contributed by atoms with Crippen LogP contribution in [0.2, 0.25) is 0 Å². The first-order valence-corrected chi connectivity index (χ1v) is 5.89. The topological polar surface area (TPSA) is 72.9 Å². The zero-order valence-corrected chi connectivity index (χ0v) is 10.6. The van der Waals surface area contributed by atoms with Crippen molar-refractivity contribution in [3.8, 4) is 0 Å². The number of carbonyl (C=O) groups is 1. The van der Waals surface area contributed by atoms with Gasteiger partial charge in [0.15, 0.2) is 0 Å². The van der Waals surface area contributed by atoms with Crippen molar-refractivity contribution < 1.29 is 9.18 Å². The largest absolute Gasteiger partial charge is 0.396 e. The molecule has 0 saturated heterocycles. The second-order valence-corrected chi connectivity index (χ2v) is 4.20. The third-order valence-electron chi connectivity index (χ3n) is 2.78. The number of aromatic nitrogens is 2. The van der Waals surface area contributed by atoms with E-state index in [0.717, 1.165) is 5.82 Å². The molecule has 0 aliphatic carbocycles. The molecule has 0 radical (unpaired) electrons. The van der Waals surface area contributed by atoms with Crippen LogP contribution in [0, 0.1) is 12.7 Å². The lowest BCUT2D eigenvalue weighted by molar-refractivity contribution is -0.116. The second kappa shape index (κ2) is 5.51. The van der Waals surface area contributed by atoms with E-state index in [1.54, 1.807) is 6.20 Å². The minimum atomic E-state index is -0.493. The number of nitrogen functional groups attached to an aromatic ring is 1. The Morgan fingerprint density at radius 1 is 1.53 bits per heavy atom. The first-order valence-electron chi connectivity index (χ1n) is 5.89. The molecule has 100 valence electrons. The molecule has 5 nitrogen and oxygen atoms in total. The van der Waals surface area contributed by atoms with E-state index >= 15 is 0 Å². The van der Waals surface area contributed by atoms with Gasteiger partial charge in [-0.2, -0.15) is 0 Å². The standard InChI is InChI=1S/C13H15FN4O/c1-9-16-5-7-18(9)6-4-13(19)17-10-2-3-11(14)12(15)8-10/h2-3,5,7-8H,4,6,15H2,1H3,(H,17,19). The van der Waals surface area contributed by atoms with Gasteiger partial charge >= 0.3 is 0 Å². The highest BCUT2D eigenvalue weighted by atomic mass is 19.1. The van der Waals surface area contributed by atoms with E-state index in [9.17, 15) is 9.18 Å². The fourth-order valence-electron chi connectivity index (χ4n) is 1.71. The zero-order valence-electron chi connectivity index (χ0n) is 10.6. The molecule has 1 aromatic carbocycles. The number of aryl methyl sites for hydroxylation is 2. The van der Waals surface area contributed by atoms with Crippen LogP contribution in [0.25, 0.3) is 0 Å². The van der Waals surface area contributed by atoms with Crippen LogP contribution in [0.4, 0.5) is 15.8 Å². The predicted molar refractivity (Wildman–Crippen MR) is 71.0 cm³/mol. The summed E-state index contributed by atoms with van der Waals surface area (Å²) < 4.78 is 14.9. The van der Waals surface area contributed by atoms with Crippen molar-refractivity contribution in [3.05, 3.63) is 42.2 Å². The van der Waals surface area contributed by atoms with Crippen molar-refractivity contribution in [2.24, 2.45) is 0 Å². The number of amides is 1. The van der Waals surface area contributed by atoms with Crippen LogP contribution in [0.5, 0.6) is 0 Å². The van der Waals surface area contributed by atoms with Crippen molar-refractivity contribution >= 4 is 17.3 Å². The number of anilines is 2. The maximum atomic E-state index is 13.0. The number of rotatable bonds is 4. The molecule has 1 aromatic heterocycles. The first-order chi connectivity index (χ1) is 9.06. The van der Waals surface area contributed by atoms with Crippen molar-refractivity contribution in [3.63, 3.8) is 0 Å². The molecule has 1 heterocycles. The molecular formula is C13H15FN4O. The van der Waals surface area contributed by atoms with Crippen LogP contribution >= 0.6 is 0 Å². The molecule has 0 bridgehead atoms. The van der Waals surface area contributed by atoms with Crippen molar-refractivity contribution in [2.45, 2.75) is 19.9 Å². The average molecular weight is 262 g/mol. The van der Waals surface area contributed by atoms with Crippen LogP contribution in [0.3, 0.4) is 0 Å². The Balaban J connectivity index is 1.91. The molecule has 0 spiro atoms. The van der Waals surface area contributed by atoms with Crippen LogP contribution < -0.4 is 11.1 Å². The minimum Gasteiger partial charge on any atom is -0.396 e. The van der Waals surface area contributed by atoms with Crippen LogP contribution in [0.15, 0.2) is 30.6 Å². The molecule has 2 rings (SSSR count). The number of hydrogen-bond donors (Lipinski definition) is 2. The molecule has 19 heavy (non-hydrogen) atoms. The second-order valence-electron chi connectivity index (χ2n) is 4.20. The van der Waals surface area contributed by atoms with Gasteiger partial charge in [-0.15, -0.1) is 0 Å². The molecule has 2 aromatic rings. The number of halogens is 1. The van der Waals surface area contributed by atoms with E-state index < -0.39 is 5.82 Å². The molecule has 0 aliphatic heterocycles. The lowest BCUT2D eigenvalue weighted by Gasteiger charge is -2.07. The van der Waals surface area contributed by atoms with Gasteiger partial charge in [-0.1, -0.05) is 0 Å². The number of nitrogens with zero attached hydrogens (tertiary/aromatic N) is 2. The predicted octanol–water partition coefficient (Wildman–Crippen LogP) is 1.94. The fraction of sp³-hybridized carbons (Fsp3) is 0.231. The zero-order chi connectivity index (χ0) is 13.8. The van der Waals surface area contributed by atoms with Gasteiger partial charge in [0, 0.05) is 31.0 Å². The van der Waals surface area contributed by atoms with Gasteiger partial charge in [-0.05, 0) is 25.1 Å². The lowest BCUT2D eigenvalue weighted by Crippen LogP contribution is -2.15. The van der Waals surface area contributed by atoms with Gasteiger partial charge in [0.2, 0.25) is 5.91 Å². The maximum Gasteiger partial charge on any atom is 0.226 e. The summed E-state index contributed by atoms with van der Waals surface area (Å²) in [6.07, 6.45) is 3.82. The number of carbonyl (C=O) groups excluding carboxylic acids is 1. The van der Waals surface area contributed by atoms with Gasteiger partial charge in [-0.3, -0.25) is 4.79 Å². The third kappa shape index (κ3) is 3.31. The molecule has 0 unspecified atom stereocenters. The first kappa shape index (κ1) is 13.1. The van der Waals surface area contributed by atoms with Gasteiger partial charge in [0.05, 0.1) is 5.69 Å². The third-order valence-corrected chi connectivity index (χ3v) is 2.78. The fourth-order valence-corrected chi connectivity index (χ4v) is 1.71. The summed E-state index contributed by atoms with van der Waals surface area (Å²) >= 11 is 0. The van der Waals surface area contributed by atoms with E-state index in [2.05, 4.69) is 10.3 Å². The van der Waals surface area contributed by atoms with Crippen LogP contribution in [-0.2, 0) is 11.3 Å². The highest BCUT2D eigenvalue weighted by Gasteiger charge is 2.06. The molecular weight excluding hydrogens is 247 g/mol. The summed E-state index contributed by atoms with van der Waals surface area (Å²) in [5, 5.41) is 2.67. The molecule has 6 heteroatoms. The Kier molecular flexibility index (Phi) is 3.79. The summed E-state index contributed by atoms with van der Waals surface area (Å²) in [5.74, 6) is 0.213. The van der Waals surface area contributed by atoms with Crippen LogP contribution in [-0.4, -0.2) is 15.5 Å². The molecule has 0 fully saturated rings. The summed E-state index contributed by atoms with van der Waals surface area (Å²) in [4.78, 5) is 15.8. The van der Waals surface area contributed by atoms with E-state index in [-0.39, 0.29) is 11.6 Å². The van der Waals surface area contributed by atoms with E-state index in [1.165, 1.54) is 18.2 Å². The van der Waals surface area contributed by atoms with Gasteiger partial charge in [0.1, 0.15) is 11.6 Å². The molecule has 3 N–H and O–H groups in total. The molecule has 1 amide bonds. The number of hydrogen-bond acceptors (Lipinski definition) is 3. The number of nitrogens with two attached hydrogens (primary N) is 1. The van der Waals surface area contributed by atoms with Crippen LogP contribution in [0.1, 0.15) is 12.2 Å². The Labute approximate surface area is 110 Å². The monoisotopic (exact) mass is 262 g/mol. The Bertz CT molecular complexity index is 594. The molecule has 0 saturated carbocycles. The highest BCUT2D eigenvalue weighted by Crippen LogP contribution is 2.16. The minimum absolute atomic E-state index is 0.0169. The number of imidazole rings is 1. The highest BCUT2D eigenvalue weighted by molar-refractivity contribution is 5.91. The van der Waals surface area contributed by atoms with E-state index in [1.807, 2.05) is 17.7 Å². The summed E-state index contributed by atoms with van der Waals surface area (Å²) in [6.45, 7) is 2.42. The summed E-state index contributed by atoms with van der Waals surface area (Å²) in [7, 11) is 0. The van der Waals surface area contributed by atoms with Gasteiger partial charge in [-0.25, -0.2) is 9.37 Å². The lowest BCUT2D eigenvalue weighted by atomic mass is 10.2. The molecule has 0 aliphatic rings. The van der Waals surface area contributed by atoms with Gasteiger partial charge in [0.25, 0.3) is 0 Å². The van der Waals surface area contributed by atoms with E-state index in [0.29, 0.717) is 18.7 Å². The number of nitrogens with one attached hydrogen (secondary N) is 1. The molecule has 0 atom stereocenters. The summed E-state index contributed by atoms with van der Waals surface area (Å²) in [5.41, 5.74) is 5.94. The Morgan fingerprint density at radius 2 is 2.32 bits per heavy atom. The van der Waals surface area contributed by atoms with Crippen molar-refractivity contribution in [2.75, 3.05) is 11.1 Å². The normalized spacial score (nSPS) is 10.4.